The van der Waals surface area contributed by atoms with E-state index in [4.69, 9.17) is 23.2 Å². The fourth-order valence-corrected chi connectivity index (χ4v) is 5.57. The molecule has 1 aliphatic carbocycles. The average molecular weight is 661 g/mol. The average Bonchev–Trinajstić information content (AvgIpc) is 3.83. The number of benzene rings is 2. The first kappa shape index (κ1) is 28.9. The van der Waals surface area contributed by atoms with Crippen molar-refractivity contribution in [1.82, 2.24) is 19.1 Å². The van der Waals surface area contributed by atoms with Crippen molar-refractivity contribution in [2.45, 2.75) is 24.7 Å². The Morgan fingerprint density at radius 2 is 1.17 bits per heavy atom. The van der Waals surface area contributed by atoms with Gasteiger partial charge in [0, 0.05) is 27.8 Å². The minimum Gasteiger partial charge on any atom is -0.493 e. The van der Waals surface area contributed by atoms with Crippen LogP contribution in [0.25, 0.3) is 0 Å². The smallest absolute Gasteiger partial charge is 0.348 e. The van der Waals surface area contributed by atoms with Gasteiger partial charge in [-0.1, -0.05) is 23.2 Å². The number of amides is 4. The Morgan fingerprint density at radius 3 is 1.57 bits per heavy atom. The number of aromatic hydroxyl groups is 2. The van der Waals surface area contributed by atoms with Crippen molar-refractivity contribution >= 4 is 76.2 Å². The fraction of sp³-hybridized carbons (Fsp3) is 0.148. The minimum absolute atomic E-state index is 0.0845. The van der Waals surface area contributed by atoms with Crippen LogP contribution in [0.4, 0.5) is 32.9 Å². The van der Waals surface area contributed by atoms with Crippen molar-refractivity contribution in [2.75, 3.05) is 10.6 Å². The zero-order chi connectivity index (χ0) is 32.2. The second-order valence-corrected chi connectivity index (χ2v) is 11.0. The molecule has 4 aromatic rings. The quantitative estimate of drug-likeness (QED) is 0.207. The number of rotatable bonds is 4. The number of carbonyl (C=O) groups is 3. The molecule has 0 atom stereocenters. The Balaban J connectivity index is 1.23. The van der Waals surface area contributed by atoms with Crippen molar-refractivity contribution in [2.24, 2.45) is 30.4 Å². The number of hydrogen-bond acceptors (Lipinski definition) is 9. The number of Topliss-reactive ketones (excluding diaryl/α,β-unsaturated/α-hetero) is 1. The topological polar surface area (TPSA) is 226 Å². The summed E-state index contributed by atoms with van der Waals surface area (Å²) in [6.45, 7) is 0. The molecule has 2 aromatic carbocycles. The summed E-state index contributed by atoms with van der Waals surface area (Å²) in [5.74, 6) is -2.52. The molecule has 19 heteroatoms. The first-order chi connectivity index (χ1) is 22.1. The Bertz CT molecular complexity index is 1940. The van der Waals surface area contributed by atoms with E-state index in [1.165, 1.54) is 0 Å². The number of halogens is 2. The lowest BCUT2D eigenvalue weighted by molar-refractivity contribution is -0.121. The molecule has 1 fully saturated rings. The molecular weight excluding hydrogens is 643 g/mol. The molecule has 0 saturated heterocycles. The Kier molecular flexibility index (Phi) is 6.90. The maximum Gasteiger partial charge on any atom is 0.348 e. The first-order valence-corrected chi connectivity index (χ1v) is 14.2. The predicted octanol–water partition coefficient (Wildman–Crippen LogP) is 5.90. The van der Waals surface area contributed by atoms with Gasteiger partial charge in [0.1, 0.15) is 16.8 Å². The molecular formula is C27H18Cl2N12O5. The second kappa shape index (κ2) is 11.0. The van der Waals surface area contributed by atoms with Gasteiger partial charge < -0.3 is 20.8 Å². The van der Waals surface area contributed by atoms with Crippen LogP contribution in [0.5, 0.6) is 11.8 Å². The number of carbonyl (C=O) groups excluding carboxylic acids is 3. The minimum atomic E-state index is -1.75. The number of fused-ring (bicyclic) bond motifs is 2. The van der Waals surface area contributed by atoms with Crippen LogP contribution in [0.15, 0.2) is 79.0 Å². The maximum atomic E-state index is 13.6. The molecule has 230 valence electrons. The van der Waals surface area contributed by atoms with Gasteiger partial charge in [-0.05, 0) is 61.4 Å². The van der Waals surface area contributed by atoms with Crippen molar-refractivity contribution in [3.8, 4) is 11.8 Å². The second-order valence-electron chi connectivity index (χ2n) is 10.1. The summed E-state index contributed by atoms with van der Waals surface area (Å²) in [6, 6.07) is 10.9. The number of hydrogen-bond donors (Lipinski definition) is 4. The van der Waals surface area contributed by atoms with E-state index in [1.807, 2.05) is 0 Å². The summed E-state index contributed by atoms with van der Waals surface area (Å²) in [4.78, 5) is 55.3. The Labute approximate surface area is 267 Å². The van der Waals surface area contributed by atoms with Crippen molar-refractivity contribution in [3.63, 3.8) is 0 Å². The number of anilines is 2. The number of nitrogens with zero attached hydrogens (tertiary/aromatic N) is 10. The molecule has 1 saturated carbocycles. The summed E-state index contributed by atoms with van der Waals surface area (Å²) >= 11 is 11.8. The van der Waals surface area contributed by atoms with Gasteiger partial charge in [0.15, 0.2) is 5.78 Å². The summed E-state index contributed by atoms with van der Waals surface area (Å²) in [5, 5.41) is 44.2. The highest BCUT2D eigenvalue weighted by Gasteiger charge is 2.54. The molecule has 46 heavy (non-hydrogen) atoms. The van der Waals surface area contributed by atoms with E-state index in [0.29, 0.717) is 27.8 Å². The van der Waals surface area contributed by atoms with Gasteiger partial charge in [0.2, 0.25) is 11.8 Å². The van der Waals surface area contributed by atoms with Gasteiger partial charge in [-0.2, -0.15) is 9.98 Å². The van der Waals surface area contributed by atoms with Gasteiger partial charge >= 0.3 is 12.1 Å². The Morgan fingerprint density at radius 1 is 0.739 bits per heavy atom. The molecule has 4 heterocycles. The molecule has 0 bridgehead atoms. The largest absolute Gasteiger partial charge is 0.493 e. The molecule has 7 rings (SSSR count). The zero-order valence-corrected chi connectivity index (χ0v) is 24.6. The van der Waals surface area contributed by atoms with E-state index in [9.17, 15) is 24.6 Å². The number of ketones is 1. The molecule has 0 unspecified atom stereocenters. The van der Waals surface area contributed by atoms with Gasteiger partial charge in [0.05, 0.1) is 0 Å². The third kappa shape index (κ3) is 4.77. The molecule has 0 spiro atoms. The number of azo groups is 2. The van der Waals surface area contributed by atoms with Crippen LogP contribution in [-0.2, 0) is 10.2 Å². The number of aliphatic imine (C=N–C) groups is 2. The van der Waals surface area contributed by atoms with Crippen LogP contribution >= 0.6 is 23.2 Å². The summed E-state index contributed by atoms with van der Waals surface area (Å²) in [6.07, 6.45) is 0.558. The lowest BCUT2D eigenvalue weighted by Gasteiger charge is -2.24. The van der Waals surface area contributed by atoms with E-state index < -0.39 is 35.0 Å². The molecule has 4 N–H and O–H groups in total. The lowest BCUT2D eigenvalue weighted by Crippen LogP contribution is -2.34. The maximum absolute atomic E-state index is 13.6. The standard InChI is InChI=1S/C27H18Cl2N12O5/c28-12-3-7-14(8-4-12)30-25(45)34-23-38-36-21-32-17(19(43)40(21)23)27(11-1-2-16(27)42)18-20(44)41-22(33-18)37-39-24(41)35-26(46)31-15-9-5-13(29)6-10-15/h3-10,43-44H,1-2,11H2,(H,30,45)(H,31,46). The normalized spacial score (nSPS) is 19.7. The molecule has 0 radical (unpaired) electrons. The van der Waals surface area contributed by atoms with Crippen molar-refractivity contribution in [1.29, 1.82) is 0 Å². The van der Waals surface area contributed by atoms with Crippen LogP contribution in [0.3, 0.4) is 0 Å². The van der Waals surface area contributed by atoms with Crippen molar-refractivity contribution < 1.29 is 24.6 Å². The molecule has 17 nitrogen and oxygen atoms in total. The van der Waals surface area contributed by atoms with Gasteiger partial charge in [0.25, 0.3) is 23.8 Å². The number of aromatic nitrogens is 4. The van der Waals surface area contributed by atoms with Crippen LogP contribution in [0.1, 0.15) is 30.7 Å². The third-order valence-corrected chi connectivity index (χ3v) is 7.87. The van der Waals surface area contributed by atoms with Crippen LogP contribution in [0.2, 0.25) is 10.0 Å². The highest BCUT2D eigenvalue weighted by Crippen LogP contribution is 2.51. The summed E-state index contributed by atoms with van der Waals surface area (Å²) in [5.41, 5.74) is -1.30. The molecule has 2 aromatic heterocycles. The van der Waals surface area contributed by atoms with E-state index in [2.05, 4.69) is 51.0 Å². The van der Waals surface area contributed by atoms with Crippen LogP contribution in [0, 0.1) is 0 Å². The Hall–Kier alpha value is -5.81. The number of nitrogens with one attached hydrogen (secondary N) is 2. The van der Waals surface area contributed by atoms with Crippen LogP contribution < -0.4 is 10.6 Å². The molecule has 4 amide bonds. The van der Waals surface area contributed by atoms with E-state index >= 15 is 0 Å². The van der Waals surface area contributed by atoms with E-state index in [-0.39, 0.29) is 48.0 Å². The molecule has 3 aliphatic rings. The SMILES string of the molecule is O=C(N=C1N=Nc2nc(C3(c4nc5n(c4O)C(=NC(=O)Nc4ccc(Cl)cc4)N=N5)CCCC3=O)c(O)n21)Nc1ccc(Cl)cc1. The summed E-state index contributed by atoms with van der Waals surface area (Å²) in [7, 11) is 0. The number of imidazole rings is 2. The molecule has 2 aliphatic heterocycles. The fourth-order valence-electron chi connectivity index (χ4n) is 5.32. The lowest BCUT2D eigenvalue weighted by atomic mass is 9.78. The first-order valence-electron chi connectivity index (χ1n) is 13.5. The van der Waals surface area contributed by atoms with E-state index in [0.717, 1.165) is 9.13 Å². The van der Waals surface area contributed by atoms with Gasteiger partial charge in [-0.25, -0.2) is 28.7 Å². The highest BCUT2D eigenvalue weighted by atomic mass is 35.5. The third-order valence-electron chi connectivity index (χ3n) is 7.36. The van der Waals surface area contributed by atoms with Crippen molar-refractivity contribution in [3.05, 3.63) is 70.0 Å². The van der Waals surface area contributed by atoms with Crippen LogP contribution in [-0.4, -0.2) is 59.1 Å². The number of urea groups is 2. The van der Waals surface area contributed by atoms with Gasteiger partial charge in [-0.15, -0.1) is 20.5 Å². The monoisotopic (exact) mass is 660 g/mol. The van der Waals surface area contributed by atoms with E-state index in [1.54, 1.807) is 48.5 Å². The zero-order valence-electron chi connectivity index (χ0n) is 23.1. The van der Waals surface area contributed by atoms with Gasteiger partial charge in [-0.3, -0.25) is 4.79 Å². The highest BCUT2D eigenvalue weighted by molar-refractivity contribution is 6.31. The predicted molar refractivity (Wildman–Crippen MR) is 163 cm³/mol. The summed E-state index contributed by atoms with van der Waals surface area (Å²) < 4.78 is 2.00.